The van der Waals surface area contributed by atoms with Crippen LogP contribution in [0.1, 0.15) is 73.6 Å². The third kappa shape index (κ3) is 15.7. The number of nitrogens with one attached hydrogen (secondary N) is 5. The van der Waals surface area contributed by atoms with Gasteiger partial charge in [-0.1, -0.05) is 32.9 Å². The molecule has 0 atom stereocenters. The monoisotopic (exact) mass is 656 g/mol. The molecule has 1 aromatic heterocycles. The number of aromatic amines is 1. The summed E-state index contributed by atoms with van der Waals surface area (Å²) < 4.78 is 5.56. The average Bonchev–Trinajstić information content (AvgIpc) is 2.97. The maximum absolute atomic E-state index is 12.4. The molecule has 1 aliphatic rings. The number of benzene rings is 1. The molecule has 2 heterocycles. The highest BCUT2D eigenvalue weighted by atomic mass is 16.5. The average molecular weight is 657 g/mol. The highest BCUT2D eigenvalue weighted by Crippen LogP contribution is 2.24. The molecule has 2 aromatic rings. The molecule has 0 bridgehead atoms. The predicted octanol–water partition coefficient (Wildman–Crippen LogP) is 2.66. The van der Waals surface area contributed by atoms with Crippen LogP contribution in [0.5, 0.6) is 5.75 Å². The number of anilines is 2. The second-order valence-corrected chi connectivity index (χ2v) is 13.6. The van der Waals surface area contributed by atoms with Gasteiger partial charge in [0.25, 0.3) is 5.56 Å². The Kier molecular flexibility index (Phi) is 15.5. The number of rotatable bonds is 12. The van der Waals surface area contributed by atoms with Gasteiger partial charge in [-0.05, 0) is 71.2 Å². The summed E-state index contributed by atoms with van der Waals surface area (Å²) in [6.45, 7) is 18.4. The Labute approximate surface area is 278 Å². The number of amides is 3. The second kappa shape index (κ2) is 18.7. The Balaban J connectivity index is 0.000000335. The number of carbonyl (C=O) groups is 2. The van der Waals surface area contributed by atoms with Crippen LogP contribution in [0, 0.1) is 5.92 Å². The number of hydrogen-bond acceptors (Lipinski definition) is 8. The fraction of sp³-hybridized carbons (Fsp3) is 0.606. The van der Waals surface area contributed by atoms with E-state index in [9.17, 15) is 14.4 Å². The number of aliphatic imine (C=N–C) groups is 1. The van der Waals surface area contributed by atoms with E-state index in [1.165, 1.54) is 6.92 Å². The largest absolute Gasteiger partial charge is 0.490 e. The molecule has 0 aliphatic carbocycles. The SMILES string of the molecule is CC(=O)NCCOc1ccccc1NC(=O)NC(C)(C)C.CC(C)(C)c1ncc(N2CCC(CNCCCN=C(N)N)CC2)c(=O)[nH]1. The lowest BCUT2D eigenvalue weighted by Gasteiger charge is -2.33. The van der Waals surface area contributed by atoms with Gasteiger partial charge in [0.2, 0.25) is 5.91 Å². The van der Waals surface area contributed by atoms with Crippen LogP contribution in [0.25, 0.3) is 0 Å². The number of carbonyl (C=O) groups excluding carboxylic acids is 2. The number of para-hydroxylation sites is 2. The summed E-state index contributed by atoms with van der Waals surface area (Å²) in [5, 5.41) is 11.7. The first-order chi connectivity index (χ1) is 22.0. The van der Waals surface area contributed by atoms with Gasteiger partial charge in [-0.2, -0.15) is 0 Å². The third-order valence-corrected chi connectivity index (χ3v) is 7.04. The van der Waals surface area contributed by atoms with Gasteiger partial charge in [0, 0.05) is 37.5 Å². The van der Waals surface area contributed by atoms with Gasteiger partial charge < -0.3 is 47.4 Å². The fourth-order valence-corrected chi connectivity index (χ4v) is 4.67. The third-order valence-electron chi connectivity index (χ3n) is 7.04. The maximum Gasteiger partial charge on any atom is 0.319 e. The van der Waals surface area contributed by atoms with Crippen LogP contribution in [0.4, 0.5) is 16.2 Å². The summed E-state index contributed by atoms with van der Waals surface area (Å²) in [4.78, 5) is 48.6. The van der Waals surface area contributed by atoms with E-state index in [1.54, 1.807) is 18.3 Å². The summed E-state index contributed by atoms with van der Waals surface area (Å²) in [6, 6.07) is 6.87. The van der Waals surface area contributed by atoms with Gasteiger partial charge >= 0.3 is 6.03 Å². The zero-order chi connectivity index (χ0) is 35.0. The topological polar surface area (TPSA) is 205 Å². The summed E-state index contributed by atoms with van der Waals surface area (Å²) in [5.74, 6) is 1.97. The summed E-state index contributed by atoms with van der Waals surface area (Å²) >= 11 is 0. The molecule has 262 valence electrons. The molecule has 0 saturated carbocycles. The number of nitrogens with two attached hydrogens (primary N) is 2. The molecular weight excluding hydrogens is 600 g/mol. The Morgan fingerprint density at radius 2 is 1.77 bits per heavy atom. The predicted molar refractivity (Wildman–Crippen MR) is 189 cm³/mol. The highest BCUT2D eigenvalue weighted by molar-refractivity contribution is 5.91. The number of hydrogen-bond donors (Lipinski definition) is 7. The molecule has 1 aromatic carbocycles. The Bertz CT molecular complexity index is 1350. The first-order valence-electron chi connectivity index (χ1n) is 16.2. The summed E-state index contributed by atoms with van der Waals surface area (Å²) in [6.07, 6.45) is 4.79. The molecule has 1 fully saturated rings. The molecule has 0 spiro atoms. The van der Waals surface area contributed by atoms with Crippen molar-refractivity contribution >= 4 is 29.3 Å². The Hall–Kier alpha value is -4.33. The number of aromatic nitrogens is 2. The van der Waals surface area contributed by atoms with E-state index in [4.69, 9.17) is 16.2 Å². The van der Waals surface area contributed by atoms with Crippen molar-refractivity contribution in [3.63, 3.8) is 0 Å². The van der Waals surface area contributed by atoms with E-state index in [2.05, 4.69) is 41.1 Å². The van der Waals surface area contributed by atoms with E-state index < -0.39 is 0 Å². The maximum atomic E-state index is 12.4. The number of ether oxygens (including phenoxy) is 1. The minimum atomic E-state index is -0.314. The van der Waals surface area contributed by atoms with Crippen LogP contribution in [-0.4, -0.2) is 79.3 Å². The second-order valence-electron chi connectivity index (χ2n) is 13.6. The molecule has 1 saturated heterocycles. The number of urea groups is 1. The van der Waals surface area contributed by atoms with Gasteiger partial charge in [-0.3, -0.25) is 14.6 Å². The molecule has 0 radical (unpaired) electrons. The van der Waals surface area contributed by atoms with Crippen LogP contribution in [0.2, 0.25) is 0 Å². The first kappa shape index (κ1) is 38.9. The highest BCUT2D eigenvalue weighted by Gasteiger charge is 2.23. The van der Waals surface area contributed by atoms with Gasteiger partial charge in [-0.15, -0.1) is 0 Å². The van der Waals surface area contributed by atoms with Crippen molar-refractivity contribution in [3.8, 4) is 5.75 Å². The van der Waals surface area contributed by atoms with Crippen molar-refractivity contribution in [1.29, 1.82) is 0 Å². The summed E-state index contributed by atoms with van der Waals surface area (Å²) in [5.41, 5.74) is 11.4. The minimum Gasteiger partial charge on any atom is -0.490 e. The van der Waals surface area contributed by atoms with Crippen LogP contribution in [0.3, 0.4) is 0 Å². The molecule has 0 unspecified atom stereocenters. The van der Waals surface area contributed by atoms with Crippen LogP contribution in [0.15, 0.2) is 40.2 Å². The number of H-pyrrole nitrogens is 1. The van der Waals surface area contributed by atoms with Crippen molar-refractivity contribution in [3.05, 3.63) is 46.6 Å². The van der Waals surface area contributed by atoms with Gasteiger partial charge in [-0.25, -0.2) is 9.78 Å². The van der Waals surface area contributed by atoms with Crippen molar-refractivity contribution in [2.24, 2.45) is 22.4 Å². The number of guanidine groups is 1. The standard InChI is InChI=1S/C18H33N7O.C15H23N3O3/c1-18(2,3)16-23-12-14(15(26)24-16)25-9-5-13(6-10-25)11-21-7-4-8-22-17(19)20;1-11(19)16-9-10-21-13-8-6-5-7-12(13)17-14(20)18-15(2,3)4/h12-13,21H,4-11H2,1-3H3,(H4,19,20,22)(H,23,24,26);5-8H,9-10H2,1-4H3,(H,16,19)(H2,17,18,20). The molecular formula is C33H56N10O4. The van der Waals surface area contributed by atoms with E-state index in [0.717, 1.165) is 51.3 Å². The van der Waals surface area contributed by atoms with Crippen molar-refractivity contribution < 1.29 is 14.3 Å². The van der Waals surface area contributed by atoms with Gasteiger partial charge in [0.1, 0.15) is 23.9 Å². The van der Waals surface area contributed by atoms with Crippen LogP contribution >= 0.6 is 0 Å². The van der Waals surface area contributed by atoms with Crippen molar-refractivity contribution in [1.82, 2.24) is 25.9 Å². The van der Waals surface area contributed by atoms with Crippen LogP contribution in [-0.2, 0) is 10.2 Å². The lowest BCUT2D eigenvalue weighted by Crippen LogP contribution is -2.43. The van der Waals surface area contributed by atoms with E-state index in [0.29, 0.717) is 42.7 Å². The molecule has 47 heavy (non-hydrogen) atoms. The van der Waals surface area contributed by atoms with Crippen molar-refractivity contribution in [2.75, 3.05) is 56.1 Å². The lowest BCUT2D eigenvalue weighted by atomic mass is 9.95. The zero-order valence-electron chi connectivity index (χ0n) is 29.2. The smallest absolute Gasteiger partial charge is 0.319 e. The van der Waals surface area contributed by atoms with Crippen molar-refractivity contribution in [2.45, 2.75) is 78.7 Å². The molecule has 14 heteroatoms. The molecule has 14 nitrogen and oxygen atoms in total. The number of piperidine rings is 1. The van der Waals surface area contributed by atoms with Crippen LogP contribution < -0.4 is 47.9 Å². The number of nitrogens with zero attached hydrogens (tertiary/aromatic N) is 3. The summed E-state index contributed by atoms with van der Waals surface area (Å²) in [7, 11) is 0. The van der Waals surface area contributed by atoms with E-state index in [-0.39, 0.29) is 34.4 Å². The molecule has 9 N–H and O–H groups in total. The lowest BCUT2D eigenvalue weighted by molar-refractivity contribution is -0.119. The van der Waals surface area contributed by atoms with E-state index >= 15 is 0 Å². The van der Waals surface area contributed by atoms with E-state index in [1.807, 2.05) is 53.7 Å². The Morgan fingerprint density at radius 1 is 1.09 bits per heavy atom. The van der Waals surface area contributed by atoms with Gasteiger partial charge in [0.15, 0.2) is 5.96 Å². The molecule has 3 amide bonds. The normalized spacial score (nSPS) is 13.6. The minimum absolute atomic E-state index is 0.0405. The first-order valence-corrected chi connectivity index (χ1v) is 16.2. The Morgan fingerprint density at radius 3 is 2.36 bits per heavy atom. The molecule has 3 rings (SSSR count). The quantitative estimate of drug-likeness (QED) is 0.102. The molecule has 1 aliphatic heterocycles. The van der Waals surface area contributed by atoms with Gasteiger partial charge in [0.05, 0.1) is 18.4 Å². The fourth-order valence-electron chi connectivity index (χ4n) is 4.67. The zero-order valence-corrected chi connectivity index (χ0v) is 29.2.